The van der Waals surface area contributed by atoms with Crippen molar-refractivity contribution in [2.45, 2.75) is 13.5 Å². The van der Waals surface area contributed by atoms with E-state index in [-0.39, 0.29) is 6.03 Å². The van der Waals surface area contributed by atoms with Crippen molar-refractivity contribution in [1.29, 1.82) is 0 Å². The molecule has 1 aliphatic heterocycles. The van der Waals surface area contributed by atoms with Crippen LogP contribution in [0.4, 0.5) is 10.5 Å². The first-order valence-corrected chi connectivity index (χ1v) is 9.13. The fourth-order valence-corrected chi connectivity index (χ4v) is 3.29. The minimum absolute atomic E-state index is 0.178. The van der Waals surface area contributed by atoms with Crippen molar-refractivity contribution in [3.63, 3.8) is 0 Å². The van der Waals surface area contributed by atoms with Gasteiger partial charge in [-0.05, 0) is 25.1 Å². The van der Waals surface area contributed by atoms with Gasteiger partial charge in [-0.25, -0.2) is 4.79 Å². The molecule has 0 unspecified atom stereocenters. The van der Waals surface area contributed by atoms with Gasteiger partial charge in [0, 0.05) is 32.2 Å². The second kappa shape index (κ2) is 8.54. The molecule has 0 aliphatic carbocycles. The molecule has 2 amide bonds. The highest BCUT2D eigenvalue weighted by molar-refractivity contribution is 6.32. The number of benzene rings is 1. The quantitative estimate of drug-likeness (QED) is 0.840. The molecule has 146 valence electrons. The number of methoxy groups -OCH3 is 2. The van der Waals surface area contributed by atoms with E-state index < -0.39 is 0 Å². The minimum atomic E-state index is -0.178. The van der Waals surface area contributed by atoms with E-state index in [1.165, 1.54) is 14.2 Å². The summed E-state index contributed by atoms with van der Waals surface area (Å²) >= 11 is 6.16. The molecule has 1 N–H and O–H groups in total. The molecule has 8 heteroatoms. The predicted octanol–water partition coefficient (Wildman–Crippen LogP) is 3.61. The maximum absolute atomic E-state index is 12.6. The highest BCUT2D eigenvalue weighted by atomic mass is 35.5. The molecule has 1 aromatic carbocycles. The lowest BCUT2D eigenvalue weighted by atomic mass is 10.2. The van der Waals surface area contributed by atoms with Gasteiger partial charge >= 0.3 is 6.03 Å². The summed E-state index contributed by atoms with van der Waals surface area (Å²) in [5.74, 6) is 2.85. The lowest BCUT2D eigenvalue weighted by Crippen LogP contribution is -2.49. The number of hydrogen-bond acceptors (Lipinski definition) is 5. The van der Waals surface area contributed by atoms with Crippen LogP contribution >= 0.6 is 11.6 Å². The first-order valence-electron chi connectivity index (χ1n) is 8.75. The number of furan rings is 1. The Kier molecular flexibility index (Phi) is 6.13. The van der Waals surface area contributed by atoms with Gasteiger partial charge in [0.05, 0.1) is 31.5 Å². The van der Waals surface area contributed by atoms with Crippen LogP contribution in [0, 0.1) is 6.92 Å². The first-order chi connectivity index (χ1) is 13.0. The molecule has 0 spiro atoms. The number of piperazine rings is 1. The van der Waals surface area contributed by atoms with Crippen LogP contribution in [0.25, 0.3) is 0 Å². The largest absolute Gasteiger partial charge is 0.495 e. The number of carbonyl (C=O) groups excluding carboxylic acids is 1. The number of anilines is 1. The number of amides is 2. The third-order valence-corrected chi connectivity index (χ3v) is 4.85. The topological polar surface area (TPSA) is 67.2 Å². The highest BCUT2D eigenvalue weighted by Gasteiger charge is 2.23. The fourth-order valence-electron chi connectivity index (χ4n) is 3.05. The Morgan fingerprint density at radius 3 is 2.44 bits per heavy atom. The molecule has 1 aromatic heterocycles. The molecule has 27 heavy (non-hydrogen) atoms. The highest BCUT2D eigenvalue weighted by Crippen LogP contribution is 2.36. The van der Waals surface area contributed by atoms with Crippen LogP contribution < -0.4 is 14.8 Å². The summed E-state index contributed by atoms with van der Waals surface area (Å²) in [4.78, 5) is 16.7. The van der Waals surface area contributed by atoms with Crippen molar-refractivity contribution in [3.05, 3.63) is 40.8 Å². The normalized spacial score (nSPS) is 14.9. The Morgan fingerprint density at radius 1 is 1.15 bits per heavy atom. The van der Waals surface area contributed by atoms with Gasteiger partial charge in [-0.1, -0.05) is 11.6 Å². The van der Waals surface area contributed by atoms with Crippen LogP contribution in [0.2, 0.25) is 5.02 Å². The van der Waals surface area contributed by atoms with Crippen LogP contribution in [0.15, 0.2) is 28.7 Å². The lowest BCUT2D eigenvalue weighted by molar-refractivity contribution is 0.137. The third kappa shape index (κ3) is 4.67. The van der Waals surface area contributed by atoms with Gasteiger partial charge in [0.25, 0.3) is 0 Å². The number of ether oxygens (including phenoxy) is 2. The Bertz CT molecular complexity index is 800. The smallest absolute Gasteiger partial charge is 0.322 e. The standard InChI is InChI=1S/C19H24ClN3O4/c1-13-4-5-14(27-13)12-22-6-8-23(9-7-22)19(24)21-16-10-15(20)17(25-2)11-18(16)26-3/h4-5,10-11H,6-9,12H2,1-3H3,(H,21,24). The average Bonchev–Trinajstić information content (AvgIpc) is 3.07. The minimum Gasteiger partial charge on any atom is -0.495 e. The maximum atomic E-state index is 12.6. The molecule has 1 fully saturated rings. The zero-order valence-electron chi connectivity index (χ0n) is 15.8. The number of urea groups is 1. The molecular weight excluding hydrogens is 370 g/mol. The van der Waals surface area contributed by atoms with Gasteiger partial charge in [0.15, 0.2) is 0 Å². The Balaban J connectivity index is 1.57. The SMILES string of the molecule is COc1cc(OC)c(NC(=O)N2CCN(Cc3ccc(C)o3)CC2)cc1Cl. The van der Waals surface area contributed by atoms with E-state index in [0.29, 0.717) is 35.3 Å². The van der Waals surface area contributed by atoms with Crippen LogP contribution in [0.3, 0.4) is 0 Å². The summed E-state index contributed by atoms with van der Waals surface area (Å²) in [7, 11) is 3.07. The molecule has 0 saturated carbocycles. The van der Waals surface area contributed by atoms with Crippen molar-refractivity contribution in [2.75, 3.05) is 45.7 Å². The zero-order valence-corrected chi connectivity index (χ0v) is 16.5. The molecule has 0 atom stereocenters. The molecule has 2 aromatic rings. The van der Waals surface area contributed by atoms with Gasteiger partial charge < -0.3 is 24.1 Å². The molecule has 1 aliphatic rings. The lowest BCUT2D eigenvalue weighted by Gasteiger charge is -2.34. The van der Waals surface area contributed by atoms with E-state index in [2.05, 4.69) is 10.2 Å². The average molecular weight is 394 g/mol. The van der Waals surface area contributed by atoms with Gasteiger partial charge in [-0.2, -0.15) is 0 Å². The van der Waals surface area contributed by atoms with E-state index >= 15 is 0 Å². The summed E-state index contributed by atoms with van der Waals surface area (Å²) in [5, 5.41) is 3.29. The Morgan fingerprint density at radius 2 is 1.85 bits per heavy atom. The number of nitrogens with one attached hydrogen (secondary N) is 1. The number of nitrogens with zero attached hydrogens (tertiary/aromatic N) is 2. The van der Waals surface area contributed by atoms with E-state index in [4.69, 9.17) is 25.5 Å². The maximum Gasteiger partial charge on any atom is 0.322 e. The third-order valence-electron chi connectivity index (χ3n) is 4.55. The molecule has 2 heterocycles. The van der Waals surface area contributed by atoms with Crippen molar-refractivity contribution in [3.8, 4) is 11.5 Å². The summed E-state index contributed by atoms with van der Waals surface area (Å²) in [6.45, 7) is 5.54. The van der Waals surface area contributed by atoms with Crippen LogP contribution in [0.1, 0.15) is 11.5 Å². The first kappa shape index (κ1) is 19.4. The Hall–Kier alpha value is -2.38. The van der Waals surface area contributed by atoms with Crippen LogP contribution in [-0.2, 0) is 6.54 Å². The van der Waals surface area contributed by atoms with Gasteiger partial charge in [0.1, 0.15) is 23.0 Å². The van der Waals surface area contributed by atoms with Crippen LogP contribution in [-0.4, -0.2) is 56.2 Å². The van der Waals surface area contributed by atoms with Crippen molar-refractivity contribution < 1.29 is 18.7 Å². The van der Waals surface area contributed by atoms with Crippen molar-refractivity contribution in [2.24, 2.45) is 0 Å². The number of halogens is 1. The molecule has 0 bridgehead atoms. The molecule has 0 radical (unpaired) electrons. The summed E-state index contributed by atoms with van der Waals surface area (Å²) in [6.07, 6.45) is 0. The van der Waals surface area contributed by atoms with E-state index in [1.807, 2.05) is 19.1 Å². The predicted molar refractivity (Wildman–Crippen MR) is 104 cm³/mol. The Labute approximate surface area is 163 Å². The van der Waals surface area contributed by atoms with Gasteiger partial charge in [-0.15, -0.1) is 0 Å². The summed E-state index contributed by atoms with van der Waals surface area (Å²) in [6, 6.07) is 7.07. The summed E-state index contributed by atoms with van der Waals surface area (Å²) < 4.78 is 16.1. The fraction of sp³-hybridized carbons (Fsp3) is 0.421. The molecule has 7 nitrogen and oxygen atoms in total. The molecular formula is C19H24ClN3O4. The molecule has 1 saturated heterocycles. The van der Waals surface area contributed by atoms with E-state index in [1.54, 1.807) is 17.0 Å². The van der Waals surface area contributed by atoms with E-state index in [9.17, 15) is 4.79 Å². The monoisotopic (exact) mass is 393 g/mol. The molecule has 3 rings (SSSR count). The summed E-state index contributed by atoms with van der Waals surface area (Å²) in [5.41, 5.74) is 0.516. The second-order valence-corrected chi connectivity index (χ2v) is 6.80. The van der Waals surface area contributed by atoms with Gasteiger partial charge in [-0.3, -0.25) is 4.90 Å². The number of carbonyl (C=O) groups is 1. The van der Waals surface area contributed by atoms with Gasteiger partial charge in [0.2, 0.25) is 0 Å². The van der Waals surface area contributed by atoms with Crippen molar-refractivity contribution in [1.82, 2.24) is 9.80 Å². The number of aryl methyl sites for hydroxylation is 1. The zero-order chi connectivity index (χ0) is 19.4. The number of hydrogen-bond donors (Lipinski definition) is 1. The van der Waals surface area contributed by atoms with Crippen molar-refractivity contribution >= 4 is 23.3 Å². The second-order valence-electron chi connectivity index (χ2n) is 6.39. The van der Waals surface area contributed by atoms with Crippen LogP contribution in [0.5, 0.6) is 11.5 Å². The number of rotatable bonds is 5. The van der Waals surface area contributed by atoms with E-state index in [0.717, 1.165) is 31.2 Å².